The predicted octanol–water partition coefficient (Wildman–Crippen LogP) is 2.06. The molecule has 1 N–H and O–H groups in total. The van der Waals surface area contributed by atoms with Gasteiger partial charge in [-0.1, -0.05) is 30.3 Å². The number of hydrogen-bond acceptors (Lipinski definition) is 11. The fraction of sp³-hybridized carbons (Fsp3) is 0.625. The van der Waals surface area contributed by atoms with Crippen molar-refractivity contribution in [2.24, 2.45) is 17.8 Å². The van der Waals surface area contributed by atoms with E-state index in [0.717, 1.165) is 5.56 Å². The number of hydrogen-bond donors (Lipinski definition) is 1. The Morgan fingerprint density at radius 2 is 1.56 bits per heavy atom. The van der Waals surface area contributed by atoms with Crippen molar-refractivity contribution in [1.82, 2.24) is 10.2 Å². The van der Waals surface area contributed by atoms with Gasteiger partial charge in [0.05, 0.1) is 11.8 Å². The van der Waals surface area contributed by atoms with Gasteiger partial charge in [0.15, 0.2) is 0 Å². The largest absolute Gasteiger partial charge is 0.425 e. The van der Waals surface area contributed by atoms with Crippen molar-refractivity contribution in [1.29, 1.82) is 0 Å². The molecule has 3 rings (SSSR count). The molecule has 0 aromatic heterocycles. The summed E-state index contributed by atoms with van der Waals surface area (Å²) in [4.78, 5) is 69.8. The Balaban J connectivity index is 1.51. The number of ether oxygens (including phenoxy) is 2. The summed E-state index contributed by atoms with van der Waals surface area (Å²) in [6.45, 7) is 6.45. The molecule has 4 unspecified atom stereocenters. The Bertz CT molecular complexity index is 1030. The molecule has 2 amide bonds. The lowest BCUT2D eigenvalue weighted by molar-refractivity contribution is -0.797. The highest BCUT2D eigenvalue weighted by Crippen LogP contribution is 2.54. The zero-order valence-electron chi connectivity index (χ0n) is 21.8. The molecule has 0 bridgehead atoms. The van der Waals surface area contributed by atoms with Crippen molar-refractivity contribution in [2.45, 2.75) is 58.0 Å². The number of rotatable bonds is 13. The first-order valence-electron chi connectivity index (χ1n) is 12.7. The van der Waals surface area contributed by atoms with Crippen LogP contribution in [0.2, 0.25) is 0 Å². The molecule has 2 saturated carbocycles. The molecule has 0 saturated heterocycles. The molecular formula is C24H32N4O11. The summed E-state index contributed by atoms with van der Waals surface area (Å²) in [6, 6.07) is 9.56. The third-order valence-electron chi connectivity index (χ3n) is 6.98. The summed E-state index contributed by atoms with van der Waals surface area (Å²) < 4.78 is 10.2. The first kappa shape index (κ1) is 29.4. The van der Waals surface area contributed by atoms with E-state index in [4.69, 9.17) is 9.47 Å². The second kappa shape index (κ2) is 13.1. The highest BCUT2D eigenvalue weighted by molar-refractivity contribution is 5.84. The first-order valence-corrected chi connectivity index (χ1v) is 12.7. The van der Waals surface area contributed by atoms with Crippen molar-refractivity contribution < 1.29 is 43.7 Å². The monoisotopic (exact) mass is 552 g/mol. The third-order valence-corrected chi connectivity index (χ3v) is 6.98. The molecule has 39 heavy (non-hydrogen) atoms. The predicted molar refractivity (Wildman–Crippen MR) is 131 cm³/mol. The minimum atomic E-state index is -1.33. The topological polar surface area (TPSA) is 190 Å². The van der Waals surface area contributed by atoms with Gasteiger partial charge in [0.25, 0.3) is 10.2 Å². The highest BCUT2D eigenvalue weighted by atomic mass is 17.0. The summed E-state index contributed by atoms with van der Waals surface area (Å²) in [7, 11) is 0. The van der Waals surface area contributed by atoms with Crippen molar-refractivity contribution in [3.05, 3.63) is 56.1 Å². The molecule has 214 valence electrons. The van der Waals surface area contributed by atoms with Gasteiger partial charge in [-0.05, 0) is 38.2 Å². The van der Waals surface area contributed by atoms with E-state index in [1.807, 2.05) is 44.2 Å². The Labute approximate surface area is 223 Å². The standard InChI is InChI=1S/C24H32N4O11/c1-4-26(5-2)22(29)21-17(20(21)15-9-7-6-8-10-15)13-25-24(31)37-14(3)36-23(30)16-11-18(38-27(32)33)19(12-16)39-28(34)35/h6-10,14,16-21H,4-5,11-13H2,1-3H3,(H,25,31)/t14?,16?,17-,18?,19?,20?,21-/m0/s1. The zero-order valence-corrected chi connectivity index (χ0v) is 21.8. The number of benzene rings is 1. The lowest BCUT2D eigenvalue weighted by atomic mass is 10.1. The van der Waals surface area contributed by atoms with Crippen LogP contribution < -0.4 is 5.32 Å². The maximum atomic E-state index is 13.0. The van der Waals surface area contributed by atoms with Gasteiger partial charge in [-0.3, -0.25) is 9.59 Å². The maximum absolute atomic E-state index is 13.0. The van der Waals surface area contributed by atoms with Gasteiger partial charge in [-0.25, -0.2) is 4.79 Å². The fourth-order valence-corrected chi connectivity index (χ4v) is 5.11. The van der Waals surface area contributed by atoms with Gasteiger partial charge < -0.3 is 29.4 Å². The molecule has 2 aliphatic carbocycles. The lowest BCUT2D eigenvalue weighted by Gasteiger charge is -2.19. The Morgan fingerprint density at radius 1 is 1.00 bits per heavy atom. The van der Waals surface area contributed by atoms with Crippen LogP contribution in [0.3, 0.4) is 0 Å². The van der Waals surface area contributed by atoms with Crippen molar-refractivity contribution in [2.75, 3.05) is 19.6 Å². The molecule has 15 heteroatoms. The van der Waals surface area contributed by atoms with Crippen molar-refractivity contribution >= 4 is 18.0 Å². The molecule has 1 aromatic rings. The zero-order chi connectivity index (χ0) is 28.7. The van der Waals surface area contributed by atoms with Crippen LogP contribution in [0.15, 0.2) is 30.3 Å². The Kier molecular flexibility index (Phi) is 9.84. The van der Waals surface area contributed by atoms with Gasteiger partial charge in [-0.2, -0.15) is 0 Å². The molecule has 0 spiro atoms. The Morgan fingerprint density at radius 3 is 2.08 bits per heavy atom. The van der Waals surface area contributed by atoms with E-state index in [1.54, 1.807) is 4.90 Å². The van der Waals surface area contributed by atoms with Crippen LogP contribution in [-0.2, 0) is 28.7 Å². The van der Waals surface area contributed by atoms with Crippen LogP contribution in [0.1, 0.15) is 45.1 Å². The summed E-state index contributed by atoms with van der Waals surface area (Å²) in [5, 5.41) is 21.7. The molecule has 0 heterocycles. The number of esters is 1. The van der Waals surface area contributed by atoms with Gasteiger partial charge in [0, 0.05) is 32.5 Å². The van der Waals surface area contributed by atoms with Gasteiger partial charge >= 0.3 is 12.1 Å². The Hall–Kier alpha value is -4.17. The third kappa shape index (κ3) is 7.67. The van der Waals surface area contributed by atoms with Crippen molar-refractivity contribution in [3.63, 3.8) is 0 Å². The molecule has 6 atom stereocenters. The second-order valence-corrected chi connectivity index (χ2v) is 9.33. The van der Waals surface area contributed by atoms with Crippen molar-refractivity contribution in [3.8, 4) is 0 Å². The van der Waals surface area contributed by atoms with Crippen LogP contribution in [0.5, 0.6) is 0 Å². The van der Waals surface area contributed by atoms with Gasteiger partial charge in [-0.15, -0.1) is 20.2 Å². The average molecular weight is 553 g/mol. The average Bonchev–Trinajstić information content (AvgIpc) is 3.48. The van der Waals surface area contributed by atoms with E-state index in [2.05, 4.69) is 15.0 Å². The van der Waals surface area contributed by atoms with Crippen LogP contribution in [0.25, 0.3) is 0 Å². The second-order valence-electron chi connectivity index (χ2n) is 9.33. The maximum Gasteiger partial charge on any atom is 0.410 e. The molecular weight excluding hydrogens is 520 g/mol. The summed E-state index contributed by atoms with van der Waals surface area (Å²) in [6.07, 6.45) is -5.33. The fourth-order valence-electron chi connectivity index (χ4n) is 5.11. The molecule has 2 fully saturated rings. The summed E-state index contributed by atoms with van der Waals surface area (Å²) >= 11 is 0. The molecule has 0 aliphatic heterocycles. The van der Waals surface area contributed by atoms with E-state index in [9.17, 15) is 34.6 Å². The number of nitrogens with zero attached hydrogens (tertiary/aromatic N) is 3. The van der Waals surface area contributed by atoms with Crippen LogP contribution in [0, 0.1) is 38.0 Å². The van der Waals surface area contributed by atoms with E-state index >= 15 is 0 Å². The van der Waals surface area contributed by atoms with E-state index in [1.165, 1.54) is 6.92 Å². The smallest absolute Gasteiger partial charge is 0.410 e. The summed E-state index contributed by atoms with van der Waals surface area (Å²) in [5.74, 6) is -2.33. The van der Waals surface area contributed by atoms with E-state index in [0.29, 0.717) is 13.1 Å². The number of alkyl carbamates (subject to hydrolysis) is 1. The lowest BCUT2D eigenvalue weighted by Crippen LogP contribution is -2.35. The normalized spacial score (nSPS) is 26.0. The minimum absolute atomic E-state index is 0.0200. The minimum Gasteiger partial charge on any atom is -0.425 e. The van der Waals surface area contributed by atoms with Gasteiger partial charge in [0.1, 0.15) is 12.2 Å². The molecule has 2 aliphatic rings. The number of amides is 2. The van der Waals surface area contributed by atoms with Gasteiger partial charge in [0.2, 0.25) is 12.2 Å². The first-order chi connectivity index (χ1) is 18.5. The van der Waals surface area contributed by atoms with E-state index < -0.39 is 46.7 Å². The quantitative estimate of drug-likeness (QED) is 0.163. The SMILES string of the molecule is CCN(CC)C(=O)[C@@H]1C(c2ccccc2)[C@@H]1CNC(=O)OC(C)OC(=O)C1CC(O[N+](=O)[O-])C(O[N+](=O)[O-])C1. The number of nitrogens with one attached hydrogen (secondary N) is 1. The number of carbonyl (C=O) groups is 3. The molecule has 0 radical (unpaired) electrons. The molecule has 1 aromatic carbocycles. The van der Waals surface area contributed by atoms with Crippen LogP contribution in [-0.4, -0.2) is 71.2 Å². The van der Waals surface area contributed by atoms with Crippen LogP contribution >= 0.6 is 0 Å². The van der Waals surface area contributed by atoms with Crippen LogP contribution in [0.4, 0.5) is 4.79 Å². The van der Waals surface area contributed by atoms with E-state index in [-0.39, 0.29) is 43.0 Å². The molecule has 15 nitrogen and oxygen atoms in total. The number of carbonyl (C=O) groups excluding carboxylic acids is 3. The summed E-state index contributed by atoms with van der Waals surface area (Å²) in [5.41, 5.74) is 1.00. The highest BCUT2D eigenvalue weighted by Gasteiger charge is 2.56.